The van der Waals surface area contributed by atoms with Gasteiger partial charge >= 0.3 is 5.97 Å². The van der Waals surface area contributed by atoms with Gasteiger partial charge in [-0.05, 0) is 41.8 Å². The number of aromatic nitrogens is 1. The molecule has 20 heavy (non-hydrogen) atoms. The van der Waals surface area contributed by atoms with Gasteiger partial charge in [-0.1, -0.05) is 0 Å². The van der Waals surface area contributed by atoms with Crippen LogP contribution in [0, 0.1) is 0 Å². The molecule has 1 amide bonds. The molecule has 0 bridgehead atoms. The third-order valence-corrected chi connectivity index (χ3v) is 3.17. The lowest BCUT2D eigenvalue weighted by Crippen LogP contribution is -2.37. The molecule has 0 aliphatic heterocycles. The molecule has 0 fully saturated rings. The van der Waals surface area contributed by atoms with Crippen LogP contribution in [0.5, 0.6) is 0 Å². The maximum absolute atomic E-state index is 11.8. The smallest absolute Gasteiger partial charge is 0.303 e. The van der Waals surface area contributed by atoms with Crippen molar-refractivity contribution in [3.05, 3.63) is 33.2 Å². The zero-order valence-corrected chi connectivity index (χ0v) is 12.7. The number of amides is 1. The average Bonchev–Trinajstić information content (AvgIpc) is 2.33. The zero-order valence-electron chi connectivity index (χ0n) is 11.1. The van der Waals surface area contributed by atoms with Crippen LogP contribution in [0.1, 0.15) is 26.2 Å². The topological polar surface area (TPSA) is 88.4 Å². The summed E-state index contributed by atoms with van der Waals surface area (Å²) < 4.78 is 2.03. The van der Waals surface area contributed by atoms with Crippen molar-refractivity contribution in [2.45, 2.75) is 38.8 Å². The third kappa shape index (κ3) is 6.01. The van der Waals surface area contributed by atoms with E-state index >= 15 is 0 Å². The molecule has 110 valence electrons. The number of carboxylic acid groups (broad SMARTS) is 1. The van der Waals surface area contributed by atoms with Crippen LogP contribution in [0.25, 0.3) is 0 Å². The fraction of sp³-hybridized carbons (Fsp3) is 0.462. The predicted octanol–water partition coefficient (Wildman–Crippen LogP) is 1.37. The van der Waals surface area contributed by atoms with Crippen molar-refractivity contribution < 1.29 is 14.7 Å². The fourth-order valence-corrected chi connectivity index (χ4v) is 2.11. The average molecular weight is 345 g/mol. The van der Waals surface area contributed by atoms with Crippen LogP contribution in [0.15, 0.2) is 27.6 Å². The first-order valence-corrected chi connectivity index (χ1v) is 7.05. The maximum atomic E-state index is 11.8. The summed E-state index contributed by atoms with van der Waals surface area (Å²) >= 11 is 3.24. The number of nitrogens with one attached hydrogen (secondary N) is 1. The third-order valence-electron chi connectivity index (χ3n) is 2.70. The van der Waals surface area contributed by atoms with Gasteiger partial charge in [-0.3, -0.25) is 14.4 Å². The highest BCUT2D eigenvalue weighted by atomic mass is 79.9. The van der Waals surface area contributed by atoms with E-state index in [0.717, 1.165) is 4.47 Å². The first kappa shape index (κ1) is 16.4. The van der Waals surface area contributed by atoms with Gasteiger partial charge in [-0.25, -0.2) is 0 Å². The Balaban J connectivity index is 2.45. The number of halogens is 1. The lowest BCUT2D eigenvalue weighted by molar-refractivity contribution is -0.137. The molecule has 1 rings (SSSR count). The Labute approximate surface area is 124 Å². The van der Waals surface area contributed by atoms with Gasteiger partial charge in [0, 0.05) is 29.2 Å². The molecule has 1 atom stereocenters. The minimum atomic E-state index is -0.843. The molecule has 0 radical (unpaired) electrons. The van der Waals surface area contributed by atoms with Gasteiger partial charge in [-0.15, -0.1) is 0 Å². The van der Waals surface area contributed by atoms with E-state index in [2.05, 4.69) is 21.2 Å². The number of carbonyl (C=O) groups excluding carboxylic acids is 1. The first-order valence-electron chi connectivity index (χ1n) is 6.25. The van der Waals surface area contributed by atoms with Crippen molar-refractivity contribution in [1.29, 1.82) is 0 Å². The molecule has 0 aliphatic carbocycles. The lowest BCUT2D eigenvalue weighted by Gasteiger charge is -2.14. The van der Waals surface area contributed by atoms with Crippen molar-refractivity contribution in [2.75, 3.05) is 0 Å². The Morgan fingerprint density at radius 1 is 1.45 bits per heavy atom. The number of carbonyl (C=O) groups is 2. The van der Waals surface area contributed by atoms with E-state index in [1.54, 1.807) is 12.3 Å². The van der Waals surface area contributed by atoms with E-state index < -0.39 is 5.97 Å². The molecule has 1 aromatic heterocycles. The van der Waals surface area contributed by atoms with Gasteiger partial charge in [0.1, 0.15) is 6.54 Å². The van der Waals surface area contributed by atoms with Gasteiger partial charge < -0.3 is 15.0 Å². The largest absolute Gasteiger partial charge is 0.481 e. The van der Waals surface area contributed by atoms with Gasteiger partial charge in [-0.2, -0.15) is 0 Å². The Hall–Kier alpha value is -1.63. The summed E-state index contributed by atoms with van der Waals surface area (Å²) in [6.45, 7) is 1.75. The molecule has 6 nitrogen and oxygen atoms in total. The van der Waals surface area contributed by atoms with E-state index in [1.165, 1.54) is 10.6 Å². The van der Waals surface area contributed by atoms with E-state index in [1.807, 2.05) is 6.92 Å². The Kier molecular flexibility index (Phi) is 6.44. The number of pyridine rings is 1. The van der Waals surface area contributed by atoms with Crippen molar-refractivity contribution in [3.63, 3.8) is 0 Å². The van der Waals surface area contributed by atoms with Crippen molar-refractivity contribution in [2.24, 2.45) is 0 Å². The van der Waals surface area contributed by atoms with Crippen molar-refractivity contribution in [3.8, 4) is 0 Å². The molecule has 0 saturated heterocycles. The zero-order chi connectivity index (χ0) is 15.1. The van der Waals surface area contributed by atoms with E-state index in [0.29, 0.717) is 12.8 Å². The number of carboxylic acids is 1. The molecular formula is C13H17BrN2O4. The van der Waals surface area contributed by atoms with Crippen LogP contribution in [0.4, 0.5) is 0 Å². The van der Waals surface area contributed by atoms with Crippen LogP contribution in [0.3, 0.4) is 0 Å². The highest BCUT2D eigenvalue weighted by Gasteiger charge is 2.09. The fourth-order valence-electron chi connectivity index (χ4n) is 1.73. The second-order valence-corrected chi connectivity index (χ2v) is 5.48. The second-order valence-electron chi connectivity index (χ2n) is 4.57. The van der Waals surface area contributed by atoms with Gasteiger partial charge in [0.05, 0.1) is 0 Å². The highest BCUT2D eigenvalue weighted by molar-refractivity contribution is 9.10. The Bertz CT molecular complexity index is 541. The summed E-state index contributed by atoms with van der Waals surface area (Å²) in [4.78, 5) is 33.7. The quantitative estimate of drug-likeness (QED) is 0.781. The monoisotopic (exact) mass is 344 g/mol. The van der Waals surface area contributed by atoms with Crippen LogP contribution in [-0.4, -0.2) is 27.6 Å². The Morgan fingerprint density at radius 3 is 2.80 bits per heavy atom. The summed E-state index contributed by atoms with van der Waals surface area (Å²) in [7, 11) is 0. The normalized spacial score (nSPS) is 11.9. The highest BCUT2D eigenvalue weighted by Crippen LogP contribution is 2.05. The minimum absolute atomic E-state index is 0.0540. The summed E-state index contributed by atoms with van der Waals surface area (Å²) in [5.74, 6) is -1.11. The number of nitrogens with zero attached hydrogens (tertiary/aromatic N) is 1. The molecular weight excluding hydrogens is 328 g/mol. The SMILES string of the molecule is CC(CCCC(=O)O)NC(=O)Cn1cc(Br)ccc1=O. The number of aliphatic carboxylic acids is 1. The number of hydrogen-bond donors (Lipinski definition) is 2. The van der Waals surface area contributed by atoms with Crippen LogP contribution < -0.4 is 10.9 Å². The Morgan fingerprint density at radius 2 is 2.15 bits per heavy atom. The minimum Gasteiger partial charge on any atom is -0.481 e. The summed E-state index contributed by atoms with van der Waals surface area (Å²) in [5.41, 5.74) is -0.248. The molecule has 0 spiro atoms. The van der Waals surface area contributed by atoms with Crippen LogP contribution >= 0.6 is 15.9 Å². The molecule has 1 aromatic rings. The van der Waals surface area contributed by atoms with E-state index in [-0.39, 0.29) is 30.5 Å². The van der Waals surface area contributed by atoms with Gasteiger partial charge in [0.25, 0.3) is 5.56 Å². The summed E-state index contributed by atoms with van der Waals surface area (Å²) in [6.07, 6.45) is 2.74. The summed E-state index contributed by atoms with van der Waals surface area (Å²) in [6, 6.07) is 2.88. The van der Waals surface area contributed by atoms with Crippen LogP contribution in [-0.2, 0) is 16.1 Å². The summed E-state index contributed by atoms with van der Waals surface area (Å²) in [5, 5.41) is 11.3. The first-order chi connectivity index (χ1) is 9.38. The predicted molar refractivity (Wildman–Crippen MR) is 77.5 cm³/mol. The lowest BCUT2D eigenvalue weighted by atomic mass is 10.1. The number of rotatable bonds is 7. The molecule has 0 saturated carbocycles. The molecule has 2 N–H and O–H groups in total. The van der Waals surface area contributed by atoms with Gasteiger partial charge in [0.2, 0.25) is 5.91 Å². The molecule has 7 heteroatoms. The molecule has 1 unspecified atom stereocenters. The number of hydrogen-bond acceptors (Lipinski definition) is 3. The molecule has 1 heterocycles. The standard InChI is InChI=1S/C13H17BrN2O4/c1-9(3-2-4-13(19)20)15-11(17)8-16-7-10(14)5-6-12(16)18/h5-7,9H,2-4,8H2,1H3,(H,15,17)(H,19,20). The maximum Gasteiger partial charge on any atom is 0.303 e. The van der Waals surface area contributed by atoms with Crippen molar-refractivity contribution >= 4 is 27.8 Å². The van der Waals surface area contributed by atoms with E-state index in [4.69, 9.17) is 5.11 Å². The van der Waals surface area contributed by atoms with E-state index in [9.17, 15) is 14.4 Å². The molecule has 0 aliphatic rings. The second kappa shape index (κ2) is 7.84. The van der Waals surface area contributed by atoms with Crippen LogP contribution in [0.2, 0.25) is 0 Å². The molecule has 0 aromatic carbocycles. The van der Waals surface area contributed by atoms with Crippen molar-refractivity contribution in [1.82, 2.24) is 9.88 Å². The van der Waals surface area contributed by atoms with Gasteiger partial charge in [0.15, 0.2) is 0 Å².